The molecule has 0 spiro atoms. The molecule has 2 aromatic carbocycles. The number of nitrogens with two attached hydrogens (primary N) is 2. The molecule has 0 saturated heterocycles. The van der Waals surface area contributed by atoms with Crippen LogP contribution in [0, 0.1) is 11.6 Å². The van der Waals surface area contributed by atoms with Crippen molar-refractivity contribution < 1.29 is 18.3 Å². The summed E-state index contributed by atoms with van der Waals surface area (Å²) in [7, 11) is 0. The van der Waals surface area contributed by atoms with Crippen LogP contribution in [0.2, 0.25) is 0 Å². The van der Waals surface area contributed by atoms with Gasteiger partial charge in [-0.05, 0) is 30.3 Å². The maximum Gasteiger partial charge on any atom is 0.250 e. The molecule has 2 rings (SSSR count). The van der Waals surface area contributed by atoms with Gasteiger partial charge in [-0.15, -0.1) is 0 Å². The molecule has 0 unspecified atom stereocenters. The molecule has 6 heteroatoms. The number of halogens is 2. The van der Waals surface area contributed by atoms with Gasteiger partial charge in [0.1, 0.15) is 11.6 Å². The molecule has 0 atom stereocenters. The molecule has 0 aliphatic heterocycles. The summed E-state index contributed by atoms with van der Waals surface area (Å²) < 4.78 is 31.3. The van der Waals surface area contributed by atoms with Crippen molar-refractivity contribution in [2.24, 2.45) is 5.73 Å². The lowest BCUT2D eigenvalue weighted by atomic mass is 10.1. The van der Waals surface area contributed by atoms with Crippen LogP contribution >= 0.6 is 0 Å². The fraction of sp³-hybridized carbons (Fsp3) is 0. The lowest BCUT2D eigenvalue weighted by molar-refractivity contribution is 0.100. The van der Waals surface area contributed by atoms with Crippen LogP contribution in [0.1, 0.15) is 10.4 Å². The number of primary amides is 1. The zero-order chi connectivity index (χ0) is 14.0. The molecule has 0 aliphatic carbocycles. The first-order valence-corrected chi connectivity index (χ1v) is 5.29. The van der Waals surface area contributed by atoms with Crippen LogP contribution in [0.3, 0.4) is 0 Å². The molecule has 2 aromatic rings. The van der Waals surface area contributed by atoms with E-state index < -0.39 is 17.5 Å². The smallest absolute Gasteiger partial charge is 0.250 e. The Balaban J connectivity index is 2.33. The number of benzene rings is 2. The van der Waals surface area contributed by atoms with Crippen molar-refractivity contribution in [3.05, 3.63) is 53.6 Å². The van der Waals surface area contributed by atoms with Gasteiger partial charge in [0.05, 0.1) is 5.56 Å². The monoisotopic (exact) mass is 264 g/mol. The molecule has 1 amide bonds. The Bertz CT molecular complexity index is 645. The van der Waals surface area contributed by atoms with Gasteiger partial charge in [-0.3, -0.25) is 4.79 Å². The summed E-state index contributed by atoms with van der Waals surface area (Å²) in [6.45, 7) is 0. The molecular formula is C13H10F2N2O2. The molecule has 4 N–H and O–H groups in total. The number of ether oxygens (including phenoxy) is 1. The van der Waals surface area contributed by atoms with Crippen LogP contribution in [-0.4, -0.2) is 5.91 Å². The maximum absolute atomic E-state index is 13.4. The highest BCUT2D eigenvalue weighted by molar-refractivity contribution is 5.98. The summed E-state index contributed by atoms with van der Waals surface area (Å²) in [5, 5.41) is 0. The van der Waals surface area contributed by atoms with Crippen LogP contribution in [0.15, 0.2) is 36.4 Å². The molecular weight excluding hydrogens is 254 g/mol. The van der Waals surface area contributed by atoms with Crippen molar-refractivity contribution in [2.75, 3.05) is 5.73 Å². The van der Waals surface area contributed by atoms with E-state index in [1.165, 1.54) is 18.2 Å². The Kier molecular flexibility index (Phi) is 3.33. The minimum atomic E-state index is -0.850. The first kappa shape index (κ1) is 12.8. The van der Waals surface area contributed by atoms with Crippen LogP contribution in [0.5, 0.6) is 11.5 Å². The molecule has 98 valence electrons. The first-order chi connectivity index (χ1) is 8.97. The fourth-order valence-electron chi connectivity index (χ4n) is 1.50. The zero-order valence-electron chi connectivity index (χ0n) is 9.69. The minimum Gasteiger partial charge on any atom is -0.454 e. The molecule has 0 radical (unpaired) electrons. The highest BCUT2D eigenvalue weighted by atomic mass is 19.1. The van der Waals surface area contributed by atoms with Crippen molar-refractivity contribution in [1.82, 2.24) is 0 Å². The number of rotatable bonds is 3. The molecule has 0 fully saturated rings. The van der Waals surface area contributed by atoms with Crippen molar-refractivity contribution in [2.45, 2.75) is 0 Å². The third-order valence-corrected chi connectivity index (χ3v) is 2.41. The average Bonchev–Trinajstić information content (AvgIpc) is 2.34. The molecule has 4 nitrogen and oxygen atoms in total. The van der Waals surface area contributed by atoms with E-state index in [0.29, 0.717) is 6.07 Å². The van der Waals surface area contributed by atoms with Gasteiger partial charge < -0.3 is 16.2 Å². The number of hydrogen-bond donors (Lipinski definition) is 2. The molecule has 0 aliphatic rings. The maximum atomic E-state index is 13.4. The number of anilines is 1. The van der Waals surface area contributed by atoms with Gasteiger partial charge in [0, 0.05) is 11.8 Å². The topological polar surface area (TPSA) is 78.3 Å². The number of carbonyl (C=O) groups excluding carboxylic acids is 1. The lowest BCUT2D eigenvalue weighted by Gasteiger charge is -2.09. The van der Waals surface area contributed by atoms with Gasteiger partial charge in [0.25, 0.3) is 5.91 Å². The molecule has 19 heavy (non-hydrogen) atoms. The Hall–Kier alpha value is -2.63. The van der Waals surface area contributed by atoms with Gasteiger partial charge in [0.2, 0.25) is 0 Å². The average molecular weight is 264 g/mol. The zero-order valence-corrected chi connectivity index (χ0v) is 9.69. The van der Waals surface area contributed by atoms with E-state index in [1.807, 2.05) is 0 Å². The standard InChI is InChI=1S/C13H10F2N2O2/c14-7-1-4-12(10(15)5-7)19-8-2-3-11(16)9(6-8)13(17)18/h1-6H,16H2,(H2,17,18). The third-order valence-electron chi connectivity index (χ3n) is 2.41. The highest BCUT2D eigenvalue weighted by Gasteiger charge is 2.10. The normalized spacial score (nSPS) is 10.2. The van der Waals surface area contributed by atoms with Gasteiger partial charge in [0.15, 0.2) is 11.6 Å². The Morgan fingerprint density at radius 3 is 2.47 bits per heavy atom. The van der Waals surface area contributed by atoms with E-state index in [1.54, 1.807) is 0 Å². The number of carbonyl (C=O) groups is 1. The summed E-state index contributed by atoms with van der Waals surface area (Å²) in [6, 6.07) is 7.05. The second-order valence-corrected chi connectivity index (χ2v) is 3.79. The van der Waals surface area contributed by atoms with E-state index in [2.05, 4.69) is 0 Å². The van der Waals surface area contributed by atoms with Crippen molar-refractivity contribution in [3.8, 4) is 11.5 Å². The van der Waals surface area contributed by atoms with Gasteiger partial charge in [-0.2, -0.15) is 0 Å². The third kappa shape index (κ3) is 2.79. The first-order valence-electron chi connectivity index (χ1n) is 5.29. The summed E-state index contributed by atoms with van der Waals surface area (Å²) in [6.07, 6.45) is 0. The van der Waals surface area contributed by atoms with Crippen LogP contribution in [0.4, 0.5) is 14.5 Å². The second kappa shape index (κ2) is 4.93. The van der Waals surface area contributed by atoms with Crippen LogP contribution < -0.4 is 16.2 Å². The summed E-state index contributed by atoms with van der Waals surface area (Å²) in [5.41, 5.74) is 10.9. The quantitative estimate of drug-likeness (QED) is 0.836. The predicted octanol–water partition coefficient (Wildman–Crippen LogP) is 2.44. The van der Waals surface area contributed by atoms with E-state index in [-0.39, 0.29) is 22.7 Å². The van der Waals surface area contributed by atoms with Crippen molar-refractivity contribution >= 4 is 11.6 Å². The van der Waals surface area contributed by atoms with Gasteiger partial charge >= 0.3 is 0 Å². The van der Waals surface area contributed by atoms with E-state index in [4.69, 9.17) is 16.2 Å². The van der Waals surface area contributed by atoms with Crippen LogP contribution in [-0.2, 0) is 0 Å². The minimum absolute atomic E-state index is 0.0695. The van der Waals surface area contributed by atoms with E-state index >= 15 is 0 Å². The largest absolute Gasteiger partial charge is 0.454 e. The molecule has 0 heterocycles. The fourth-order valence-corrected chi connectivity index (χ4v) is 1.50. The molecule has 0 bridgehead atoms. The summed E-state index contributed by atoms with van der Waals surface area (Å²) in [5.74, 6) is -2.27. The van der Waals surface area contributed by atoms with Gasteiger partial charge in [-0.1, -0.05) is 0 Å². The Labute approximate surface area is 107 Å². The molecule has 0 saturated carbocycles. The predicted molar refractivity (Wildman–Crippen MR) is 65.8 cm³/mol. The Morgan fingerprint density at radius 1 is 1.11 bits per heavy atom. The van der Waals surface area contributed by atoms with E-state index in [0.717, 1.165) is 12.1 Å². The van der Waals surface area contributed by atoms with E-state index in [9.17, 15) is 13.6 Å². The summed E-state index contributed by atoms with van der Waals surface area (Å²) in [4.78, 5) is 11.1. The Morgan fingerprint density at radius 2 is 1.84 bits per heavy atom. The highest BCUT2D eigenvalue weighted by Crippen LogP contribution is 2.27. The summed E-state index contributed by atoms with van der Waals surface area (Å²) >= 11 is 0. The van der Waals surface area contributed by atoms with Gasteiger partial charge in [-0.25, -0.2) is 8.78 Å². The van der Waals surface area contributed by atoms with Crippen molar-refractivity contribution in [1.29, 1.82) is 0 Å². The lowest BCUT2D eigenvalue weighted by Crippen LogP contribution is -2.13. The molecule has 0 aromatic heterocycles. The number of amides is 1. The van der Waals surface area contributed by atoms with Crippen molar-refractivity contribution in [3.63, 3.8) is 0 Å². The second-order valence-electron chi connectivity index (χ2n) is 3.79. The number of hydrogen-bond acceptors (Lipinski definition) is 3. The SMILES string of the molecule is NC(=O)c1cc(Oc2ccc(F)cc2F)ccc1N. The number of nitrogen functional groups attached to an aromatic ring is 1. The van der Waals surface area contributed by atoms with Crippen LogP contribution in [0.25, 0.3) is 0 Å².